The Bertz CT molecular complexity index is 1410. The second-order valence-electron chi connectivity index (χ2n) is 11.9. The van der Waals surface area contributed by atoms with Gasteiger partial charge in [-0.1, -0.05) is 48.9 Å². The number of carbonyl (C=O) groups excluding carboxylic acids is 3. The van der Waals surface area contributed by atoms with Crippen LogP contribution in [-0.4, -0.2) is 68.4 Å². The number of hydrogen-bond acceptors (Lipinski definition) is 5. The van der Waals surface area contributed by atoms with Crippen LogP contribution in [0.5, 0.6) is 0 Å². The zero-order chi connectivity index (χ0) is 29.1. The third-order valence-electron chi connectivity index (χ3n) is 7.66. The predicted octanol–water partition coefficient (Wildman–Crippen LogP) is 5.68. The number of benzene rings is 2. The van der Waals surface area contributed by atoms with E-state index in [1.54, 1.807) is 32.8 Å². The van der Waals surface area contributed by atoms with Crippen LogP contribution < -0.4 is 0 Å². The molecule has 8 nitrogen and oxygen atoms in total. The lowest BCUT2D eigenvalue weighted by Gasteiger charge is -2.41. The number of ether oxygens (including phenoxy) is 1. The zero-order valence-corrected chi connectivity index (χ0v) is 23.9. The van der Waals surface area contributed by atoms with Crippen LogP contribution in [0.4, 0.5) is 9.18 Å². The van der Waals surface area contributed by atoms with Crippen molar-refractivity contribution in [2.45, 2.75) is 70.6 Å². The molecule has 2 aliphatic rings. The summed E-state index contributed by atoms with van der Waals surface area (Å²) in [6.07, 6.45) is 4.52. The van der Waals surface area contributed by atoms with Crippen molar-refractivity contribution in [1.82, 2.24) is 19.4 Å². The maximum absolute atomic E-state index is 14.4. The molecule has 2 atom stereocenters. The molecule has 0 N–H and O–H groups in total. The number of hydrogen-bond donors (Lipinski definition) is 0. The summed E-state index contributed by atoms with van der Waals surface area (Å²) >= 11 is 0. The molecule has 5 rings (SSSR count). The molecule has 1 aliphatic heterocycles. The molecule has 2 fully saturated rings. The first-order valence-corrected chi connectivity index (χ1v) is 14.3. The minimum atomic E-state index is -0.637. The number of halogens is 1. The largest absolute Gasteiger partial charge is 0.444 e. The lowest BCUT2D eigenvalue weighted by atomic mass is 9.93. The predicted molar refractivity (Wildman–Crippen MR) is 153 cm³/mol. The summed E-state index contributed by atoms with van der Waals surface area (Å²) in [6, 6.07) is 15.1. The van der Waals surface area contributed by atoms with E-state index < -0.39 is 23.6 Å². The molecule has 0 bridgehead atoms. The van der Waals surface area contributed by atoms with Crippen molar-refractivity contribution in [2.24, 2.45) is 0 Å². The molecule has 1 saturated carbocycles. The third-order valence-corrected chi connectivity index (χ3v) is 7.66. The third kappa shape index (κ3) is 6.50. The van der Waals surface area contributed by atoms with E-state index in [-0.39, 0.29) is 30.0 Å². The number of rotatable bonds is 5. The van der Waals surface area contributed by atoms with Crippen molar-refractivity contribution in [3.63, 3.8) is 0 Å². The quantitative estimate of drug-likeness (QED) is 0.401. The van der Waals surface area contributed by atoms with Crippen molar-refractivity contribution < 1.29 is 23.5 Å². The highest BCUT2D eigenvalue weighted by atomic mass is 19.1. The molecule has 1 aromatic heterocycles. The van der Waals surface area contributed by atoms with Gasteiger partial charge in [0.2, 0.25) is 0 Å². The minimum Gasteiger partial charge on any atom is -0.444 e. The SMILES string of the molecule is CC(C)(C)OC(=O)N1CCN(C(=O)c2ncn(C3CCCCC3=O)c2-c2cccc(F)c2)[C@H](Cc2ccccc2)C1. The lowest BCUT2D eigenvalue weighted by molar-refractivity contribution is -0.123. The number of nitrogens with zero attached hydrogens (tertiary/aromatic N) is 4. The van der Waals surface area contributed by atoms with Crippen LogP contribution in [0, 0.1) is 5.82 Å². The molecule has 2 heterocycles. The van der Waals surface area contributed by atoms with Crippen molar-refractivity contribution in [1.29, 1.82) is 0 Å². The topological polar surface area (TPSA) is 84.7 Å². The fourth-order valence-electron chi connectivity index (χ4n) is 5.75. The van der Waals surface area contributed by atoms with Crippen LogP contribution in [-0.2, 0) is 16.0 Å². The number of piperazine rings is 1. The summed E-state index contributed by atoms with van der Waals surface area (Å²) in [5, 5.41) is 0. The van der Waals surface area contributed by atoms with Crippen LogP contribution in [0.15, 0.2) is 60.9 Å². The average molecular weight is 561 g/mol. The van der Waals surface area contributed by atoms with Gasteiger partial charge in [-0.05, 0) is 57.7 Å². The Hall–Kier alpha value is -4.01. The Kier molecular flexibility index (Phi) is 8.24. The van der Waals surface area contributed by atoms with Crippen LogP contribution in [0.2, 0.25) is 0 Å². The van der Waals surface area contributed by atoms with E-state index in [0.29, 0.717) is 43.6 Å². The van der Waals surface area contributed by atoms with Gasteiger partial charge in [0, 0.05) is 31.6 Å². The molecule has 0 spiro atoms. The smallest absolute Gasteiger partial charge is 0.410 e. The molecule has 9 heteroatoms. The first-order valence-electron chi connectivity index (χ1n) is 14.3. The number of imidazole rings is 1. The summed E-state index contributed by atoms with van der Waals surface area (Å²) < 4.78 is 21.8. The highest BCUT2D eigenvalue weighted by Crippen LogP contribution is 2.34. The molecule has 3 aromatic rings. The standard InChI is InChI=1S/C32H37FN4O4/c1-32(2,3)41-31(40)35-16-17-36(25(20-35)18-22-10-5-4-6-11-22)30(39)28-29(23-12-9-13-24(33)19-23)37(21-34-28)26-14-7-8-15-27(26)38/h4-6,9-13,19,21,25-26H,7-8,14-18,20H2,1-3H3/t25-,26?/m1/s1. The summed E-state index contributed by atoms with van der Waals surface area (Å²) in [4.78, 5) is 48.1. The monoisotopic (exact) mass is 560 g/mol. The van der Waals surface area contributed by atoms with E-state index in [0.717, 1.165) is 18.4 Å². The Morgan fingerprint density at radius 3 is 2.54 bits per heavy atom. The second kappa shape index (κ2) is 11.8. The first kappa shape index (κ1) is 28.5. The van der Waals surface area contributed by atoms with Gasteiger partial charge in [-0.3, -0.25) is 9.59 Å². The van der Waals surface area contributed by atoms with Gasteiger partial charge in [-0.15, -0.1) is 0 Å². The molecule has 0 radical (unpaired) electrons. The molecule has 41 heavy (non-hydrogen) atoms. The van der Waals surface area contributed by atoms with E-state index >= 15 is 0 Å². The fraction of sp³-hybridized carbons (Fsp3) is 0.438. The number of amides is 2. The molecule has 1 aliphatic carbocycles. The summed E-state index contributed by atoms with van der Waals surface area (Å²) in [5.74, 6) is -0.647. The maximum Gasteiger partial charge on any atom is 0.410 e. The van der Waals surface area contributed by atoms with E-state index in [2.05, 4.69) is 4.98 Å². The molecule has 216 valence electrons. The van der Waals surface area contributed by atoms with Crippen molar-refractivity contribution in [3.8, 4) is 11.3 Å². The lowest BCUT2D eigenvalue weighted by Crippen LogP contribution is -2.58. The van der Waals surface area contributed by atoms with Gasteiger partial charge in [-0.25, -0.2) is 14.2 Å². The van der Waals surface area contributed by atoms with Gasteiger partial charge in [0.05, 0.1) is 24.1 Å². The molecule has 1 saturated heterocycles. The maximum atomic E-state index is 14.4. The van der Waals surface area contributed by atoms with E-state index in [1.165, 1.54) is 12.1 Å². The number of Topliss-reactive ketones (excluding diaryl/α,β-unsaturated/α-hetero) is 1. The Morgan fingerprint density at radius 1 is 1.05 bits per heavy atom. The van der Waals surface area contributed by atoms with Gasteiger partial charge < -0.3 is 19.1 Å². The molecule has 2 amide bonds. The van der Waals surface area contributed by atoms with Gasteiger partial charge >= 0.3 is 6.09 Å². The highest BCUT2D eigenvalue weighted by Gasteiger charge is 2.38. The summed E-state index contributed by atoms with van der Waals surface area (Å²) in [6.45, 7) is 6.37. The number of ketones is 1. The zero-order valence-electron chi connectivity index (χ0n) is 23.9. The molecular formula is C32H37FN4O4. The van der Waals surface area contributed by atoms with Crippen LogP contribution >= 0.6 is 0 Å². The average Bonchev–Trinajstić information content (AvgIpc) is 3.37. The van der Waals surface area contributed by atoms with Gasteiger partial charge in [-0.2, -0.15) is 0 Å². The van der Waals surface area contributed by atoms with E-state index in [1.807, 2.05) is 51.1 Å². The van der Waals surface area contributed by atoms with Crippen LogP contribution in [0.25, 0.3) is 11.3 Å². The number of carbonyl (C=O) groups is 3. The molecule has 2 aromatic carbocycles. The second-order valence-corrected chi connectivity index (χ2v) is 11.9. The first-order chi connectivity index (χ1) is 19.6. The normalized spacial score (nSPS) is 19.8. The summed E-state index contributed by atoms with van der Waals surface area (Å²) in [5.41, 5.74) is 1.52. The van der Waals surface area contributed by atoms with Gasteiger partial charge in [0.25, 0.3) is 5.91 Å². The van der Waals surface area contributed by atoms with Crippen LogP contribution in [0.1, 0.15) is 68.5 Å². The Labute approximate surface area is 240 Å². The summed E-state index contributed by atoms with van der Waals surface area (Å²) in [7, 11) is 0. The van der Waals surface area contributed by atoms with E-state index in [4.69, 9.17) is 4.74 Å². The van der Waals surface area contributed by atoms with Crippen molar-refractivity contribution in [2.75, 3.05) is 19.6 Å². The fourth-order valence-corrected chi connectivity index (χ4v) is 5.75. The van der Waals surface area contributed by atoms with Crippen molar-refractivity contribution >= 4 is 17.8 Å². The Morgan fingerprint density at radius 2 is 1.83 bits per heavy atom. The minimum absolute atomic E-state index is 0.0956. The Balaban J connectivity index is 1.51. The van der Waals surface area contributed by atoms with E-state index in [9.17, 15) is 18.8 Å². The molecule has 1 unspecified atom stereocenters. The molecular weight excluding hydrogens is 523 g/mol. The van der Waals surface area contributed by atoms with Gasteiger partial charge in [0.15, 0.2) is 11.5 Å². The van der Waals surface area contributed by atoms with Crippen molar-refractivity contribution in [3.05, 3.63) is 78.0 Å². The number of aromatic nitrogens is 2. The van der Waals surface area contributed by atoms with Gasteiger partial charge in [0.1, 0.15) is 11.4 Å². The highest BCUT2D eigenvalue weighted by molar-refractivity contribution is 5.99. The van der Waals surface area contributed by atoms with Crippen LogP contribution in [0.3, 0.4) is 0 Å².